The number of rotatable bonds is 7. The van der Waals surface area contributed by atoms with Crippen molar-refractivity contribution in [3.63, 3.8) is 0 Å². The molecule has 0 aliphatic heterocycles. The summed E-state index contributed by atoms with van der Waals surface area (Å²) in [5.41, 5.74) is 1.89. The fourth-order valence-electron chi connectivity index (χ4n) is 1.50. The van der Waals surface area contributed by atoms with E-state index in [1.807, 2.05) is 31.2 Å². The first-order chi connectivity index (χ1) is 7.72. The Bertz CT molecular complexity index is 338. The minimum absolute atomic E-state index is 0.114. The van der Waals surface area contributed by atoms with Gasteiger partial charge in [-0.3, -0.25) is 0 Å². The molecule has 0 amide bonds. The van der Waals surface area contributed by atoms with Crippen LogP contribution in [-0.4, -0.2) is 19.0 Å². The smallest absolute Gasteiger partial charge is 0.123 e. The van der Waals surface area contributed by atoms with Gasteiger partial charge in [-0.15, -0.1) is 0 Å². The van der Waals surface area contributed by atoms with Crippen molar-refractivity contribution in [2.24, 2.45) is 0 Å². The van der Waals surface area contributed by atoms with Crippen molar-refractivity contribution in [3.05, 3.63) is 29.8 Å². The third-order valence-corrected chi connectivity index (χ3v) is 2.26. The minimum Gasteiger partial charge on any atom is -0.491 e. The van der Waals surface area contributed by atoms with Crippen LogP contribution in [0.5, 0.6) is 5.75 Å². The van der Waals surface area contributed by atoms with E-state index in [2.05, 4.69) is 0 Å². The predicted molar refractivity (Wildman–Crippen MR) is 64.3 cm³/mol. The largest absolute Gasteiger partial charge is 0.491 e. The molecule has 0 aliphatic rings. The summed E-state index contributed by atoms with van der Waals surface area (Å²) in [5, 5.41) is 7.33. The van der Waals surface area contributed by atoms with E-state index in [0.717, 1.165) is 25.0 Å². The number of halogens is 1. The number of hydrogen-bond donors (Lipinski definition) is 1. The monoisotopic (exact) mass is 222 g/mol. The topological polar surface area (TPSA) is 33.1 Å². The van der Waals surface area contributed by atoms with Crippen molar-refractivity contribution in [1.29, 1.82) is 5.41 Å². The zero-order chi connectivity index (χ0) is 11.8. The highest BCUT2D eigenvalue weighted by Gasteiger charge is 1.98. The Labute approximate surface area is 96.0 Å². The van der Waals surface area contributed by atoms with E-state index in [0.29, 0.717) is 5.71 Å². The Kier molecular flexibility index (Phi) is 5.54. The number of aryl methyl sites for hydroxylation is 1. The molecule has 1 aromatic rings. The second-order valence-electron chi connectivity index (χ2n) is 3.82. The van der Waals surface area contributed by atoms with Gasteiger partial charge in [0.05, 0.1) is 0 Å². The van der Waals surface area contributed by atoms with Crippen molar-refractivity contribution in [2.45, 2.75) is 26.2 Å². The second-order valence-corrected chi connectivity index (χ2v) is 3.82. The van der Waals surface area contributed by atoms with Crippen LogP contribution >= 0.6 is 0 Å². The normalized spacial score (nSPS) is 10.1. The number of alkyl halides is 1. The summed E-state index contributed by atoms with van der Waals surface area (Å²) in [4.78, 5) is 0. The van der Waals surface area contributed by atoms with Crippen LogP contribution in [0.15, 0.2) is 24.3 Å². The average molecular weight is 222 g/mol. The summed E-state index contributed by atoms with van der Waals surface area (Å²) in [6, 6.07) is 7.72. The average Bonchev–Trinajstić information content (AvgIpc) is 2.26. The molecule has 0 aliphatic carbocycles. The first-order valence-electron chi connectivity index (χ1n) is 5.54. The molecule has 1 N–H and O–H groups in total. The van der Waals surface area contributed by atoms with Crippen LogP contribution in [-0.2, 0) is 6.42 Å². The molecule has 1 rings (SSSR count). The van der Waals surface area contributed by atoms with Crippen molar-refractivity contribution >= 4 is 5.71 Å². The van der Waals surface area contributed by atoms with E-state index in [-0.39, 0.29) is 6.61 Å². The Morgan fingerprint density at radius 3 is 2.94 bits per heavy atom. The molecule has 0 atom stereocenters. The molecule has 88 valence electrons. The molecule has 0 heterocycles. The van der Waals surface area contributed by atoms with Crippen molar-refractivity contribution < 1.29 is 9.13 Å². The molecule has 16 heavy (non-hydrogen) atoms. The quantitative estimate of drug-likeness (QED) is 0.705. The van der Waals surface area contributed by atoms with E-state index in [1.54, 1.807) is 0 Å². The van der Waals surface area contributed by atoms with Crippen LogP contribution in [0, 0.1) is 5.41 Å². The highest BCUT2D eigenvalue weighted by molar-refractivity contribution is 5.78. The van der Waals surface area contributed by atoms with E-state index in [4.69, 9.17) is 10.1 Å². The van der Waals surface area contributed by atoms with Gasteiger partial charge in [0.25, 0.3) is 0 Å². The van der Waals surface area contributed by atoms with Gasteiger partial charge in [0, 0.05) is 5.71 Å². The van der Waals surface area contributed by atoms with Crippen LogP contribution in [0.25, 0.3) is 0 Å². The SMILES string of the molecule is CC(=N)CCCc1cccc(OCC[18F])c1. The fraction of sp³-hybridized carbons (Fsp3) is 0.462. The lowest BCUT2D eigenvalue weighted by Crippen LogP contribution is -1.99. The van der Waals surface area contributed by atoms with Crippen LogP contribution in [0.3, 0.4) is 0 Å². The molecule has 2 nitrogen and oxygen atoms in total. The summed E-state index contributed by atoms with van der Waals surface area (Å²) in [7, 11) is 0. The number of nitrogens with one attached hydrogen (secondary N) is 1. The standard InChI is InChI=1S/C13H18FNO/c1-11(15)4-2-5-12-6-3-7-13(10-12)16-9-8-14/h3,6-7,10,15H,2,4-5,8-9H2,1H3/i14-1. The molecular formula is C13H18FNO. The van der Waals surface area contributed by atoms with E-state index in [1.165, 1.54) is 5.56 Å². The van der Waals surface area contributed by atoms with Crippen molar-refractivity contribution in [3.8, 4) is 5.75 Å². The molecule has 0 unspecified atom stereocenters. The molecular weight excluding hydrogens is 204 g/mol. The maximum absolute atomic E-state index is 11.9. The summed E-state index contributed by atoms with van der Waals surface area (Å²) in [6.07, 6.45) is 2.74. The highest BCUT2D eigenvalue weighted by atomic mass is 18.2. The fourth-order valence-corrected chi connectivity index (χ4v) is 1.50. The summed E-state index contributed by atoms with van der Waals surface area (Å²) in [5.74, 6) is 0.724. The Morgan fingerprint density at radius 2 is 2.25 bits per heavy atom. The predicted octanol–water partition coefficient (Wildman–Crippen LogP) is 3.40. The summed E-state index contributed by atoms with van der Waals surface area (Å²) < 4.78 is 17.1. The molecule has 1 aromatic carbocycles. The number of hydrogen-bond acceptors (Lipinski definition) is 2. The Balaban J connectivity index is 2.43. The van der Waals surface area contributed by atoms with E-state index in [9.17, 15) is 4.39 Å². The zero-order valence-electron chi connectivity index (χ0n) is 9.63. The van der Waals surface area contributed by atoms with Crippen LogP contribution in [0.1, 0.15) is 25.3 Å². The molecule has 0 spiro atoms. The maximum atomic E-state index is 11.9. The maximum Gasteiger partial charge on any atom is 0.123 e. The van der Waals surface area contributed by atoms with Gasteiger partial charge in [-0.1, -0.05) is 12.1 Å². The zero-order valence-corrected chi connectivity index (χ0v) is 9.63. The summed E-state index contributed by atoms with van der Waals surface area (Å²) >= 11 is 0. The van der Waals surface area contributed by atoms with Crippen LogP contribution in [0.4, 0.5) is 4.39 Å². The lowest BCUT2D eigenvalue weighted by Gasteiger charge is -2.06. The number of ether oxygens (including phenoxy) is 1. The molecule has 0 bridgehead atoms. The van der Waals surface area contributed by atoms with Gasteiger partial charge in [-0.25, -0.2) is 4.39 Å². The molecule has 0 saturated heterocycles. The van der Waals surface area contributed by atoms with Gasteiger partial charge in [0.1, 0.15) is 19.0 Å². The Hall–Kier alpha value is -1.38. The van der Waals surface area contributed by atoms with Crippen molar-refractivity contribution in [2.75, 3.05) is 13.3 Å². The highest BCUT2D eigenvalue weighted by Crippen LogP contribution is 2.15. The molecule has 0 aromatic heterocycles. The first kappa shape index (κ1) is 12.7. The van der Waals surface area contributed by atoms with E-state index >= 15 is 0 Å². The third-order valence-electron chi connectivity index (χ3n) is 2.26. The van der Waals surface area contributed by atoms with Crippen LogP contribution < -0.4 is 4.74 Å². The van der Waals surface area contributed by atoms with Crippen LogP contribution in [0.2, 0.25) is 0 Å². The number of benzene rings is 1. The Morgan fingerprint density at radius 1 is 1.44 bits per heavy atom. The third kappa shape index (κ3) is 4.91. The minimum atomic E-state index is -0.461. The van der Waals surface area contributed by atoms with Gasteiger partial charge in [0.2, 0.25) is 0 Å². The van der Waals surface area contributed by atoms with Gasteiger partial charge < -0.3 is 10.1 Å². The van der Waals surface area contributed by atoms with E-state index < -0.39 is 6.67 Å². The van der Waals surface area contributed by atoms with Crippen molar-refractivity contribution in [1.82, 2.24) is 0 Å². The lowest BCUT2D eigenvalue weighted by atomic mass is 10.1. The van der Waals surface area contributed by atoms with Gasteiger partial charge in [0.15, 0.2) is 0 Å². The van der Waals surface area contributed by atoms with Gasteiger partial charge in [-0.05, 0) is 43.9 Å². The molecule has 0 fully saturated rings. The van der Waals surface area contributed by atoms with Gasteiger partial charge in [-0.2, -0.15) is 0 Å². The first-order valence-corrected chi connectivity index (χ1v) is 5.54. The lowest BCUT2D eigenvalue weighted by molar-refractivity contribution is 0.273. The molecule has 0 radical (unpaired) electrons. The summed E-state index contributed by atoms with van der Waals surface area (Å²) in [6.45, 7) is 1.47. The molecule has 0 saturated carbocycles. The van der Waals surface area contributed by atoms with Gasteiger partial charge >= 0.3 is 0 Å². The second kappa shape index (κ2) is 6.99. The molecule has 3 heteroatoms.